The van der Waals surface area contributed by atoms with E-state index < -0.39 is 56.0 Å². The molecule has 12 nitrogen and oxygen atoms in total. The number of benzene rings is 1. The number of aliphatic carboxylic acids is 1. The van der Waals surface area contributed by atoms with Gasteiger partial charge in [-0.25, -0.2) is 13.2 Å². The van der Waals surface area contributed by atoms with Gasteiger partial charge in [0, 0.05) is 11.8 Å². The summed E-state index contributed by atoms with van der Waals surface area (Å²) in [4.78, 5) is 41.2. The number of carbonyl (C=O) groups excluding carboxylic acids is 2. The molecule has 0 unspecified atom stereocenters. The number of phenolic OH excluding ortho intramolecular Hbond substituents is 2. The van der Waals surface area contributed by atoms with Crippen molar-refractivity contribution in [2.75, 3.05) is 6.54 Å². The number of hydrogen-bond acceptors (Lipinski definition) is 10. The quantitative estimate of drug-likeness (QED) is 0.229. The maximum atomic E-state index is 12.9. The molecular formula is C20H19N3O9S. The smallest absolute Gasteiger partial charge is 0.328 e. The Balaban J connectivity index is 1.63. The lowest BCUT2D eigenvalue weighted by Gasteiger charge is -2.35. The van der Waals surface area contributed by atoms with Crippen LogP contribution in [0, 0.1) is 6.92 Å². The summed E-state index contributed by atoms with van der Waals surface area (Å²) in [5.41, 5.74) is 0.403. The van der Waals surface area contributed by atoms with Crippen LogP contribution in [0.2, 0.25) is 0 Å². The molecule has 0 radical (unpaired) electrons. The number of fused-ring (bicyclic) bond motifs is 1. The van der Waals surface area contributed by atoms with Gasteiger partial charge >= 0.3 is 5.97 Å². The van der Waals surface area contributed by atoms with Crippen molar-refractivity contribution in [3.8, 4) is 22.8 Å². The molecule has 3 atom stereocenters. The lowest BCUT2D eigenvalue weighted by Crippen LogP contribution is -2.57. The molecule has 2 fully saturated rings. The van der Waals surface area contributed by atoms with Gasteiger partial charge in [0.25, 0.3) is 0 Å². The van der Waals surface area contributed by atoms with Crippen molar-refractivity contribution in [1.29, 1.82) is 0 Å². The third-order valence-electron chi connectivity index (χ3n) is 5.95. The summed E-state index contributed by atoms with van der Waals surface area (Å²) in [5, 5.41) is 31.4. The molecule has 1 aromatic carbocycles. The van der Waals surface area contributed by atoms with Crippen molar-refractivity contribution in [2.24, 2.45) is 4.99 Å². The summed E-state index contributed by atoms with van der Waals surface area (Å²) in [7, 11) is -4.09. The highest BCUT2D eigenvalue weighted by atomic mass is 32.2. The van der Waals surface area contributed by atoms with Crippen molar-refractivity contribution in [1.82, 2.24) is 10.1 Å². The molecular weight excluding hydrogens is 458 g/mol. The second-order valence-electron chi connectivity index (χ2n) is 7.99. The molecule has 2 aliphatic heterocycles. The molecule has 3 N–H and O–H groups in total. The number of carbonyl (C=O) groups is 3. The van der Waals surface area contributed by atoms with E-state index in [9.17, 15) is 38.1 Å². The monoisotopic (exact) mass is 477 g/mol. The van der Waals surface area contributed by atoms with Crippen molar-refractivity contribution in [3.05, 3.63) is 29.5 Å². The van der Waals surface area contributed by atoms with Gasteiger partial charge in [0.1, 0.15) is 28.1 Å². The Morgan fingerprint density at radius 3 is 2.64 bits per heavy atom. The number of rotatable bonds is 6. The zero-order valence-electron chi connectivity index (χ0n) is 17.4. The van der Waals surface area contributed by atoms with Crippen molar-refractivity contribution < 1.29 is 42.6 Å². The second-order valence-corrected chi connectivity index (χ2v) is 10.5. The Morgan fingerprint density at radius 1 is 1.33 bits per heavy atom. The standard InChI is InChI=1S/C20H19N3O9S/c1-9-16(17(22-32-9)10-3-4-11(24)12(25)5-10)13(26)7-21-8-20(2)18(19(28)29)23-14(27)6-15(23)33(20,30)31/h3-5,8,15,18,24-25H,6-7H2,1-2H3,(H,28,29)/t15-,18+,20+/m1/s1. The Bertz CT molecular complexity index is 1330. The van der Waals surface area contributed by atoms with E-state index >= 15 is 0 Å². The molecule has 0 spiro atoms. The largest absolute Gasteiger partial charge is 0.504 e. The third-order valence-corrected chi connectivity index (χ3v) is 8.61. The van der Waals surface area contributed by atoms with Crippen LogP contribution in [0.4, 0.5) is 0 Å². The van der Waals surface area contributed by atoms with Crippen molar-refractivity contribution in [2.45, 2.75) is 36.4 Å². The Morgan fingerprint density at radius 2 is 2.03 bits per heavy atom. The van der Waals surface area contributed by atoms with Crippen LogP contribution in [0.3, 0.4) is 0 Å². The fourth-order valence-electron chi connectivity index (χ4n) is 4.16. The summed E-state index contributed by atoms with van der Waals surface area (Å²) in [6.07, 6.45) is 0.608. The van der Waals surface area contributed by atoms with Crippen molar-refractivity contribution >= 4 is 33.7 Å². The van der Waals surface area contributed by atoms with Crippen LogP contribution in [0.25, 0.3) is 11.3 Å². The second kappa shape index (κ2) is 7.40. The van der Waals surface area contributed by atoms with Gasteiger partial charge in [-0.05, 0) is 32.0 Å². The average Bonchev–Trinajstić information content (AvgIpc) is 3.17. The maximum Gasteiger partial charge on any atom is 0.328 e. The highest BCUT2D eigenvalue weighted by molar-refractivity contribution is 7.94. The molecule has 33 heavy (non-hydrogen) atoms. The van der Waals surface area contributed by atoms with Crippen LogP contribution >= 0.6 is 0 Å². The summed E-state index contributed by atoms with van der Waals surface area (Å²) in [6.45, 7) is 2.10. The van der Waals surface area contributed by atoms with E-state index in [-0.39, 0.29) is 34.8 Å². The van der Waals surface area contributed by atoms with Gasteiger partial charge in [0.05, 0.1) is 12.0 Å². The summed E-state index contributed by atoms with van der Waals surface area (Å²) in [6, 6.07) is 2.17. The van der Waals surface area contributed by atoms with Gasteiger partial charge in [-0.15, -0.1) is 0 Å². The number of carboxylic acids is 1. The molecule has 3 heterocycles. The van der Waals surface area contributed by atoms with Gasteiger partial charge in [-0.3, -0.25) is 14.6 Å². The molecule has 2 aliphatic rings. The predicted molar refractivity (Wildman–Crippen MR) is 112 cm³/mol. The van der Waals surface area contributed by atoms with E-state index in [4.69, 9.17) is 4.52 Å². The Hall–Kier alpha value is -3.74. The molecule has 1 aromatic heterocycles. The number of sulfone groups is 1. The van der Waals surface area contributed by atoms with Crippen LogP contribution in [0.1, 0.15) is 29.5 Å². The van der Waals surface area contributed by atoms with Gasteiger partial charge in [0.2, 0.25) is 5.91 Å². The minimum Gasteiger partial charge on any atom is -0.504 e. The summed E-state index contributed by atoms with van der Waals surface area (Å²) in [5.74, 6) is -3.31. The van der Waals surface area contributed by atoms with Gasteiger partial charge in [0.15, 0.2) is 33.2 Å². The number of β-lactam (4-membered cyclic amide) rings is 1. The Kier molecular flexibility index (Phi) is 5.04. The summed E-state index contributed by atoms with van der Waals surface area (Å²) >= 11 is 0. The number of phenols is 2. The normalized spacial score (nSPS) is 25.8. The van der Waals surface area contributed by atoms with Gasteiger partial charge in [-0.1, -0.05) is 5.16 Å². The average molecular weight is 477 g/mol. The molecule has 0 aliphatic carbocycles. The van der Waals surface area contributed by atoms with E-state index in [1.54, 1.807) is 0 Å². The molecule has 0 saturated carbocycles. The number of aromatic hydroxyl groups is 2. The molecule has 13 heteroatoms. The first-order chi connectivity index (χ1) is 15.4. The minimum atomic E-state index is -4.09. The van der Waals surface area contributed by atoms with E-state index in [0.29, 0.717) is 0 Å². The maximum absolute atomic E-state index is 12.9. The molecule has 1 amide bonds. The van der Waals surface area contributed by atoms with E-state index in [1.165, 1.54) is 25.1 Å². The van der Waals surface area contributed by atoms with Gasteiger partial charge < -0.3 is 24.7 Å². The molecule has 2 saturated heterocycles. The zero-order chi connectivity index (χ0) is 24.3. The number of aliphatic imine (C=N–C) groups is 1. The molecule has 0 bridgehead atoms. The molecule has 2 aromatic rings. The van der Waals surface area contributed by atoms with Crippen molar-refractivity contribution in [3.63, 3.8) is 0 Å². The number of aromatic nitrogens is 1. The molecule has 4 rings (SSSR count). The molecule has 174 valence electrons. The highest BCUT2D eigenvalue weighted by Crippen LogP contribution is 2.45. The highest BCUT2D eigenvalue weighted by Gasteiger charge is 2.69. The number of aryl methyl sites for hydroxylation is 1. The van der Waals surface area contributed by atoms with E-state index in [0.717, 1.165) is 18.0 Å². The number of nitrogens with zero attached hydrogens (tertiary/aromatic N) is 3. The number of hydrogen-bond donors (Lipinski definition) is 3. The fourth-order valence-corrected chi connectivity index (χ4v) is 6.39. The SMILES string of the molecule is Cc1onc(-c2ccc(O)c(O)c2)c1C(=O)CN=C[C@@]1(C)[C@H](C(=O)O)N2C(=O)C[C@H]2S1(=O)=O. The van der Waals surface area contributed by atoms with Crippen LogP contribution in [-0.2, 0) is 19.4 Å². The fraction of sp³-hybridized carbons (Fsp3) is 0.350. The van der Waals surface area contributed by atoms with E-state index in [1.807, 2.05) is 0 Å². The topological polar surface area (TPSA) is 188 Å². The van der Waals surface area contributed by atoms with Crippen LogP contribution in [0.5, 0.6) is 11.5 Å². The van der Waals surface area contributed by atoms with Crippen LogP contribution < -0.4 is 0 Å². The number of Topliss-reactive ketones (excluding diaryl/α,β-unsaturated/α-hetero) is 1. The predicted octanol–water partition coefficient (Wildman–Crippen LogP) is 0.513. The van der Waals surface area contributed by atoms with Gasteiger partial charge in [-0.2, -0.15) is 0 Å². The number of ketones is 1. The number of amides is 1. The Labute approximate surface area is 187 Å². The lowest BCUT2D eigenvalue weighted by atomic mass is 9.97. The van der Waals surface area contributed by atoms with Crippen LogP contribution in [-0.4, -0.2) is 80.4 Å². The lowest BCUT2D eigenvalue weighted by molar-refractivity contribution is -0.156. The third kappa shape index (κ3) is 3.18. The van der Waals surface area contributed by atoms with Crippen LogP contribution in [0.15, 0.2) is 27.7 Å². The first-order valence-corrected chi connectivity index (χ1v) is 11.2. The number of carboxylic acid groups (broad SMARTS) is 1. The van der Waals surface area contributed by atoms with E-state index in [2.05, 4.69) is 10.1 Å². The first-order valence-electron chi connectivity index (χ1n) is 9.70. The first kappa shape index (κ1) is 22.5. The zero-order valence-corrected chi connectivity index (χ0v) is 18.2. The summed E-state index contributed by atoms with van der Waals surface area (Å²) < 4.78 is 28.9. The minimum absolute atomic E-state index is 0.0328.